The van der Waals surface area contributed by atoms with Gasteiger partial charge in [-0.3, -0.25) is 4.99 Å². The number of thiophene rings is 1. The van der Waals surface area contributed by atoms with Crippen LogP contribution in [0.15, 0.2) is 40.7 Å². The second kappa shape index (κ2) is 12.9. The molecule has 2 rings (SSSR count). The summed E-state index contributed by atoms with van der Waals surface area (Å²) in [6, 6.07) is 10.6. The molecule has 0 saturated carbocycles. The van der Waals surface area contributed by atoms with Gasteiger partial charge in [-0.05, 0) is 49.7 Å². The number of ether oxygens (including phenoxy) is 2. The van der Waals surface area contributed by atoms with Crippen molar-refractivity contribution in [2.24, 2.45) is 4.99 Å². The molecule has 0 aliphatic carbocycles. The Morgan fingerprint density at radius 3 is 2.41 bits per heavy atom. The lowest BCUT2D eigenvalue weighted by molar-refractivity contribution is 0.299. The summed E-state index contributed by atoms with van der Waals surface area (Å²) in [7, 11) is 11.4. The molecule has 0 bridgehead atoms. The summed E-state index contributed by atoms with van der Waals surface area (Å²) in [6.45, 7) is 1.65. The highest BCUT2D eigenvalue weighted by Gasteiger charge is 2.16. The lowest BCUT2D eigenvalue weighted by Crippen LogP contribution is -2.43. The zero-order valence-corrected chi connectivity index (χ0v) is 21.3. The largest absolute Gasteiger partial charge is 0.493 e. The monoisotopic (exact) mass is 532 g/mol. The maximum Gasteiger partial charge on any atom is 0.193 e. The zero-order chi connectivity index (χ0) is 20.5. The van der Waals surface area contributed by atoms with E-state index in [1.54, 1.807) is 25.6 Å². The summed E-state index contributed by atoms with van der Waals surface area (Å²) in [5.74, 6) is 2.40. The fraction of sp³-hybridized carbons (Fsp3) is 0.476. The molecule has 1 heterocycles. The van der Waals surface area contributed by atoms with E-state index in [-0.39, 0.29) is 24.0 Å². The van der Waals surface area contributed by atoms with Crippen molar-refractivity contribution in [2.45, 2.75) is 12.5 Å². The van der Waals surface area contributed by atoms with E-state index in [0.29, 0.717) is 6.04 Å². The summed E-state index contributed by atoms with van der Waals surface area (Å²) in [4.78, 5) is 10.2. The van der Waals surface area contributed by atoms with Gasteiger partial charge in [0, 0.05) is 32.1 Å². The molecule has 6 nitrogen and oxygen atoms in total. The van der Waals surface area contributed by atoms with Crippen LogP contribution in [-0.2, 0) is 6.42 Å². The van der Waals surface area contributed by atoms with Gasteiger partial charge in [-0.1, -0.05) is 12.1 Å². The average Bonchev–Trinajstić information content (AvgIpc) is 3.23. The number of nitrogens with zero attached hydrogens (tertiary/aromatic N) is 3. The highest BCUT2D eigenvalue weighted by Crippen LogP contribution is 2.27. The van der Waals surface area contributed by atoms with Gasteiger partial charge >= 0.3 is 0 Å². The van der Waals surface area contributed by atoms with Gasteiger partial charge in [0.05, 0.1) is 20.3 Å². The Hall–Kier alpha value is -1.52. The van der Waals surface area contributed by atoms with E-state index in [2.05, 4.69) is 64.8 Å². The molecule has 1 aromatic carbocycles. The standard InChI is InChI=1S/C21H32N4O2S.HI/c1-22-21(23-15-17(24(2)3)20-8-7-13-28-20)25(4)12-11-16-9-10-18(26-5)19(14-16)27-6;/h7-10,13-14,17H,11-12,15H2,1-6H3,(H,22,23);1H. The molecule has 2 aromatic rings. The highest BCUT2D eigenvalue weighted by molar-refractivity contribution is 14.0. The van der Waals surface area contributed by atoms with E-state index < -0.39 is 0 Å². The van der Waals surface area contributed by atoms with Gasteiger partial charge in [-0.15, -0.1) is 35.3 Å². The van der Waals surface area contributed by atoms with Crippen LogP contribution in [0.2, 0.25) is 0 Å². The summed E-state index contributed by atoms with van der Waals surface area (Å²) in [5, 5.41) is 5.63. The predicted molar refractivity (Wildman–Crippen MR) is 133 cm³/mol. The molecule has 0 spiro atoms. The van der Waals surface area contributed by atoms with Crippen LogP contribution in [0.1, 0.15) is 16.5 Å². The molecule has 1 aromatic heterocycles. The number of hydrogen-bond donors (Lipinski definition) is 1. The van der Waals surface area contributed by atoms with Crippen molar-refractivity contribution in [3.63, 3.8) is 0 Å². The van der Waals surface area contributed by atoms with E-state index in [4.69, 9.17) is 9.47 Å². The molecule has 0 saturated heterocycles. The normalized spacial score (nSPS) is 12.3. The number of aliphatic imine (C=N–C) groups is 1. The topological polar surface area (TPSA) is 49.3 Å². The Morgan fingerprint density at radius 1 is 1.14 bits per heavy atom. The Kier molecular flexibility index (Phi) is 11.4. The van der Waals surface area contributed by atoms with Crippen LogP contribution >= 0.6 is 35.3 Å². The molecule has 0 radical (unpaired) electrons. The van der Waals surface area contributed by atoms with Crippen LogP contribution in [0.3, 0.4) is 0 Å². The van der Waals surface area contributed by atoms with Crippen LogP contribution < -0.4 is 14.8 Å². The first-order valence-corrected chi connectivity index (χ1v) is 10.2. The van der Waals surface area contributed by atoms with Crippen molar-refractivity contribution in [1.29, 1.82) is 0 Å². The second-order valence-corrected chi connectivity index (χ2v) is 7.76. The SMILES string of the molecule is CN=C(NCC(c1cccs1)N(C)C)N(C)CCc1ccc(OC)c(OC)c1.I. The van der Waals surface area contributed by atoms with Crippen LogP contribution in [0.5, 0.6) is 11.5 Å². The quantitative estimate of drug-likeness (QED) is 0.303. The van der Waals surface area contributed by atoms with Gasteiger partial charge in [0.15, 0.2) is 17.5 Å². The molecule has 0 aliphatic heterocycles. The number of nitrogens with one attached hydrogen (secondary N) is 1. The molecule has 8 heteroatoms. The number of likely N-dealkylation sites (N-methyl/N-ethyl adjacent to an activating group) is 2. The van der Waals surface area contributed by atoms with Gasteiger partial charge in [0.2, 0.25) is 0 Å². The second-order valence-electron chi connectivity index (χ2n) is 6.78. The third kappa shape index (κ3) is 7.35. The molecule has 0 amide bonds. The van der Waals surface area contributed by atoms with Crippen molar-refractivity contribution in [1.82, 2.24) is 15.1 Å². The summed E-state index contributed by atoms with van der Waals surface area (Å²) in [5.41, 5.74) is 1.20. The van der Waals surface area contributed by atoms with Crippen LogP contribution in [-0.4, -0.2) is 71.3 Å². The third-order valence-corrected chi connectivity index (χ3v) is 5.68. The Labute approximate surface area is 195 Å². The van der Waals surface area contributed by atoms with Gasteiger partial charge in [0.25, 0.3) is 0 Å². The predicted octanol–water partition coefficient (Wildman–Crippen LogP) is 3.74. The van der Waals surface area contributed by atoms with E-state index in [9.17, 15) is 0 Å². The number of guanidine groups is 1. The van der Waals surface area contributed by atoms with Crippen molar-refractivity contribution >= 4 is 41.3 Å². The van der Waals surface area contributed by atoms with Gasteiger partial charge in [-0.2, -0.15) is 0 Å². The van der Waals surface area contributed by atoms with E-state index in [1.807, 2.05) is 19.2 Å². The fourth-order valence-electron chi connectivity index (χ4n) is 3.03. The first-order valence-electron chi connectivity index (χ1n) is 9.32. The number of rotatable bonds is 9. The molecular weight excluding hydrogens is 499 g/mol. The van der Waals surface area contributed by atoms with Gasteiger partial charge in [-0.25, -0.2) is 0 Å². The molecule has 162 valence electrons. The highest BCUT2D eigenvalue weighted by atomic mass is 127. The molecule has 29 heavy (non-hydrogen) atoms. The van der Waals surface area contributed by atoms with Crippen molar-refractivity contribution in [3.05, 3.63) is 46.2 Å². The van der Waals surface area contributed by atoms with Crippen LogP contribution in [0, 0.1) is 0 Å². The summed E-state index contributed by atoms with van der Waals surface area (Å²) in [6.07, 6.45) is 0.888. The maximum absolute atomic E-state index is 5.40. The van der Waals surface area contributed by atoms with Gasteiger partial charge < -0.3 is 24.6 Å². The molecule has 0 aliphatic rings. The molecular formula is C21H33IN4O2S. The fourth-order valence-corrected chi connectivity index (χ4v) is 3.95. The Bertz CT molecular complexity index is 753. The lowest BCUT2D eigenvalue weighted by Gasteiger charge is -2.27. The molecule has 1 N–H and O–H groups in total. The van der Waals surface area contributed by atoms with Gasteiger partial charge in [0.1, 0.15) is 0 Å². The van der Waals surface area contributed by atoms with Crippen molar-refractivity contribution < 1.29 is 9.47 Å². The maximum atomic E-state index is 5.40. The van der Waals surface area contributed by atoms with Crippen LogP contribution in [0.4, 0.5) is 0 Å². The smallest absolute Gasteiger partial charge is 0.193 e. The zero-order valence-electron chi connectivity index (χ0n) is 18.1. The number of benzene rings is 1. The molecule has 1 unspecified atom stereocenters. The van der Waals surface area contributed by atoms with Crippen molar-refractivity contribution in [3.8, 4) is 11.5 Å². The lowest BCUT2D eigenvalue weighted by atomic mass is 10.1. The molecule has 0 fully saturated rings. The first-order chi connectivity index (χ1) is 13.5. The third-order valence-electron chi connectivity index (χ3n) is 4.71. The molecule has 1 atom stereocenters. The van der Waals surface area contributed by atoms with E-state index >= 15 is 0 Å². The minimum atomic E-state index is 0. The number of hydrogen-bond acceptors (Lipinski definition) is 5. The van der Waals surface area contributed by atoms with E-state index in [1.165, 1.54) is 10.4 Å². The summed E-state index contributed by atoms with van der Waals surface area (Å²) >= 11 is 1.78. The number of methoxy groups -OCH3 is 2. The van der Waals surface area contributed by atoms with E-state index in [0.717, 1.165) is 37.0 Å². The minimum absolute atomic E-state index is 0. The van der Waals surface area contributed by atoms with Crippen LogP contribution in [0.25, 0.3) is 0 Å². The summed E-state index contributed by atoms with van der Waals surface area (Å²) < 4.78 is 10.7. The average molecular weight is 532 g/mol. The Morgan fingerprint density at radius 2 is 1.86 bits per heavy atom. The minimum Gasteiger partial charge on any atom is -0.493 e. The number of halogens is 1. The first kappa shape index (κ1) is 25.5. The van der Waals surface area contributed by atoms with Crippen molar-refractivity contribution in [2.75, 3.05) is 55.5 Å². The Balaban J connectivity index is 0.00000420.